The first-order chi connectivity index (χ1) is 13.9. The van der Waals surface area contributed by atoms with Crippen LogP contribution in [0.3, 0.4) is 0 Å². The lowest BCUT2D eigenvalue weighted by atomic mass is 9.91. The monoisotopic (exact) mass is 447 g/mol. The van der Waals surface area contributed by atoms with E-state index in [2.05, 4.69) is 10.5 Å². The molecular formula is C22H29N3O3S2. The van der Waals surface area contributed by atoms with Crippen molar-refractivity contribution >= 4 is 39.1 Å². The van der Waals surface area contributed by atoms with E-state index in [0.29, 0.717) is 5.69 Å². The zero-order valence-electron chi connectivity index (χ0n) is 18.3. The van der Waals surface area contributed by atoms with Crippen LogP contribution < -0.4 is 9.73 Å². The first-order valence-electron chi connectivity index (χ1n) is 9.52. The molecule has 0 spiro atoms. The van der Waals surface area contributed by atoms with Gasteiger partial charge < -0.3 is 0 Å². The normalized spacial score (nSPS) is 12.5. The number of aryl methyl sites for hydroxylation is 1. The van der Waals surface area contributed by atoms with E-state index < -0.39 is 15.9 Å². The van der Waals surface area contributed by atoms with Gasteiger partial charge in [0, 0.05) is 16.0 Å². The highest BCUT2D eigenvalue weighted by atomic mass is 32.2. The van der Waals surface area contributed by atoms with Crippen molar-refractivity contribution in [3.05, 3.63) is 54.1 Å². The van der Waals surface area contributed by atoms with Crippen molar-refractivity contribution in [2.75, 3.05) is 17.1 Å². The largest absolute Gasteiger partial charge is 0.271 e. The van der Waals surface area contributed by atoms with Crippen LogP contribution >= 0.6 is 11.8 Å². The van der Waals surface area contributed by atoms with Gasteiger partial charge in [0.2, 0.25) is 0 Å². The van der Waals surface area contributed by atoms with Crippen LogP contribution in [-0.4, -0.2) is 32.8 Å². The number of thioether (sulfide) groups is 1. The smallest absolute Gasteiger partial charge is 0.264 e. The average molecular weight is 448 g/mol. The van der Waals surface area contributed by atoms with Gasteiger partial charge >= 0.3 is 0 Å². The van der Waals surface area contributed by atoms with Crippen LogP contribution in [0.25, 0.3) is 0 Å². The summed E-state index contributed by atoms with van der Waals surface area (Å²) in [6.07, 6.45) is 1.92. The standard InChI is InChI=1S/C22H29N3O3S2/c1-16-7-9-18(10-8-16)25(15-21(26)24-23-17(2)22(3,4)5)30(27,28)20-13-11-19(29-6)12-14-20/h7-14H,15H2,1-6H3,(H,24,26)/b23-17-. The summed E-state index contributed by atoms with van der Waals surface area (Å²) in [5.41, 5.74) is 4.44. The minimum atomic E-state index is -3.94. The summed E-state index contributed by atoms with van der Waals surface area (Å²) < 4.78 is 27.8. The Morgan fingerprint density at radius 1 is 1.07 bits per heavy atom. The molecule has 6 nitrogen and oxygen atoms in total. The summed E-state index contributed by atoms with van der Waals surface area (Å²) >= 11 is 1.53. The molecule has 30 heavy (non-hydrogen) atoms. The van der Waals surface area contributed by atoms with Crippen molar-refractivity contribution in [1.29, 1.82) is 0 Å². The van der Waals surface area contributed by atoms with Crippen molar-refractivity contribution in [2.24, 2.45) is 10.5 Å². The summed E-state index contributed by atoms with van der Waals surface area (Å²) in [5, 5.41) is 4.13. The number of hydrazone groups is 1. The fourth-order valence-corrected chi connectivity index (χ4v) is 4.21. The number of amides is 1. The number of hydrogen-bond acceptors (Lipinski definition) is 5. The Morgan fingerprint density at radius 2 is 1.63 bits per heavy atom. The molecule has 8 heteroatoms. The zero-order chi connectivity index (χ0) is 22.5. The molecular weight excluding hydrogens is 418 g/mol. The van der Waals surface area contributed by atoms with Crippen molar-refractivity contribution in [3.63, 3.8) is 0 Å². The van der Waals surface area contributed by atoms with Crippen LogP contribution in [0.4, 0.5) is 5.69 Å². The molecule has 1 N–H and O–H groups in total. The summed E-state index contributed by atoms with van der Waals surface area (Å²) in [6, 6.07) is 13.6. The predicted molar refractivity (Wildman–Crippen MR) is 125 cm³/mol. The van der Waals surface area contributed by atoms with E-state index in [0.717, 1.165) is 20.5 Å². The average Bonchev–Trinajstić information content (AvgIpc) is 2.70. The molecule has 0 saturated heterocycles. The minimum Gasteiger partial charge on any atom is -0.271 e. The van der Waals surface area contributed by atoms with E-state index in [1.165, 1.54) is 11.8 Å². The molecule has 0 bridgehead atoms. The van der Waals surface area contributed by atoms with Gasteiger partial charge in [-0.2, -0.15) is 5.10 Å². The lowest BCUT2D eigenvalue weighted by molar-refractivity contribution is -0.119. The molecule has 0 aliphatic carbocycles. The van der Waals surface area contributed by atoms with Crippen molar-refractivity contribution in [1.82, 2.24) is 5.43 Å². The second kappa shape index (κ2) is 9.66. The molecule has 162 valence electrons. The number of sulfonamides is 1. The van der Waals surface area contributed by atoms with Crippen molar-refractivity contribution in [2.45, 2.75) is 44.4 Å². The van der Waals surface area contributed by atoms with Gasteiger partial charge in [-0.25, -0.2) is 13.8 Å². The van der Waals surface area contributed by atoms with E-state index in [4.69, 9.17) is 0 Å². The predicted octanol–water partition coefficient (Wildman–Crippen LogP) is 4.45. The van der Waals surface area contributed by atoms with E-state index >= 15 is 0 Å². The van der Waals surface area contributed by atoms with Crippen LogP contribution in [-0.2, 0) is 14.8 Å². The number of anilines is 1. The number of carbonyl (C=O) groups is 1. The number of carbonyl (C=O) groups excluding carboxylic acids is 1. The Morgan fingerprint density at radius 3 is 2.13 bits per heavy atom. The fourth-order valence-electron chi connectivity index (χ4n) is 2.38. The number of nitrogens with one attached hydrogen (secondary N) is 1. The molecule has 0 unspecified atom stereocenters. The Bertz CT molecular complexity index is 1010. The number of benzene rings is 2. The third kappa shape index (κ3) is 6.09. The zero-order valence-corrected chi connectivity index (χ0v) is 19.9. The first-order valence-corrected chi connectivity index (χ1v) is 12.2. The number of hydrogen-bond donors (Lipinski definition) is 1. The third-order valence-corrected chi connectivity index (χ3v) is 7.22. The fraction of sp³-hybridized carbons (Fsp3) is 0.364. The van der Waals surface area contributed by atoms with E-state index in [1.807, 2.05) is 53.0 Å². The topological polar surface area (TPSA) is 78.8 Å². The van der Waals surface area contributed by atoms with E-state index in [1.54, 1.807) is 36.4 Å². The van der Waals surface area contributed by atoms with Gasteiger partial charge in [-0.1, -0.05) is 38.5 Å². The van der Waals surface area contributed by atoms with Crippen LogP contribution in [0.15, 0.2) is 63.4 Å². The Labute approximate surface area is 183 Å². The summed E-state index contributed by atoms with van der Waals surface area (Å²) in [5.74, 6) is -0.511. The van der Waals surface area contributed by atoms with Gasteiger partial charge in [0.1, 0.15) is 6.54 Å². The molecule has 0 fully saturated rings. The van der Waals surface area contributed by atoms with Crippen molar-refractivity contribution in [3.8, 4) is 0 Å². The highest BCUT2D eigenvalue weighted by Gasteiger charge is 2.27. The molecule has 0 atom stereocenters. The van der Waals surface area contributed by atoms with Gasteiger partial charge in [0.05, 0.1) is 10.6 Å². The van der Waals surface area contributed by atoms with Crippen LogP contribution in [0, 0.1) is 12.3 Å². The van der Waals surface area contributed by atoms with Crippen molar-refractivity contribution < 1.29 is 13.2 Å². The van der Waals surface area contributed by atoms with Gasteiger partial charge in [-0.3, -0.25) is 9.10 Å². The maximum Gasteiger partial charge on any atom is 0.264 e. The molecule has 0 aromatic heterocycles. The maximum absolute atomic E-state index is 13.4. The maximum atomic E-state index is 13.4. The Balaban J connectivity index is 2.37. The van der Waals surface area contributed by atoms with Gasteiger partial charge in [-0.15, -0.1) is 11.8 Å². The van der Waals surface area contributed by atoms with E-state index in [9.17, 15) is 13.2 Å². The summed E-state index contributed by atoms with van der Waals surface area (Å²) in [7, 11) is -3.94. The van der Waals surface area contributed by atoms with Crippen LogP contribution in [0.2, 0.25) is 0 Å². The highest BCUT2D eigenvalue weighted by molar-refractivity contribution is 7.98. The number of nitrogens with zero attached hydrogens (tertiary/aromatic N) is 2. The molecule has 2 aromatic rings. The minimum absolute atomic E-state index is 0.128. The molecule has 1 amide bonds. The molecule has 0 aliphatic heterocycles. The van der Waals surface area contributed by atoms with Gasteiger partial charge in [0.15, 0.2) is 0 Å². The summed E-state index contributed by atoms with van der Waals surface area (Å²) in [4.78, 5) is 13.7. The second-order valence-electron chi connectivity index (χ2n) is 8.00. The van der Waals surface area contributed by atoms with Crippen LogP contribution in [0.1, 0.15) is 33.3 Å². The molecule has 0 radical (unpaired) electrons. The number of rotatable bonds is 7. The van der Waals surface area contributed by atoms with E-state index in [-0.39, 0.29) is 16.9 Å². The quantitative estimate of drug-likeness (QED) is 0.386. The van der Waals surface area contributed by atoms with Gasteiger partial charge in [-0.05, 0) is 56.5 Å². The van der Waals surface area contributed by atoms with Crippen LogP contribution in [0.5, 0.6) is 0 Å². The van der Waals surface area contributed by atoms with Gasteiger partial charge in [0.25, 0.3) is 15.9 Å². The lowest BCUT2D eigenvalue weighted by Crippen LogP contribution is -2.40. The molecule has 2 rings (SSSR count). The molecule has 0 heterocycles. The molecule has 2 aromatic carbocycles. The highest BCUT2D eigenvalue weighted by Crippen LogP contribution is 2.25. The SMILES string of the molecule is CSc1ccc(S(=O)(=O)N(CC(=O)N/N=C(/C)C(C)(C)C)c2ccc(C)cc2)cc1. The lowest BCUT2D eigenvalue weighted by Gasteiger charge is -2.24. The summed E-state index contributed by atoms with van der Waals surface area (Å²) in [6.45, 7) is 9.32. The molecule has 0 saturated carbocycles. The third-order valence-electron chi connectivity index (χ3n) is 4.69. The second-order valence-corrected chi connectivity index (χ2v) is 10.7. The first kappa shape index (κ1) is 24.0. The Kier molecular flexibility index (Phi) is 7.71. The Hall–Kier alpha value is -2.32. The molecule has 0 aliphatic rings.